The minimum absolute atomic E-state index is 0.509. The third kappa shape index (κ3) is 15.1. The number of ether oxygens (including phenoxy) is 1. The number of nitrogens with two attached hydrogens (primary N) is 1. The lowest BCUT2D eigenvalue weighted by Crippen LogP contribution is -2.29. The fraction of sp³-hybridized carbons (Fsp3) is 0.875. The van der Waals surface area contributed by atoms with Gasteiger partial charge < -0.3 is 15.6 Å². The minimum atomic E-state index is -0.896. The maximum Gasteiger partial charge on any atom is 0.320 e. The number of hydrogen-bond donors (Lipinski definition) is 2. The van der Waals surface area contributed by atoms with E-state index in [2.05, 4.69) is 4.74 Å². The van der Waals surface area contributed by atoms with E-state index in [-0.39, 0.29) is 0 Å². The zero-order valence-electron chi connectivity index (χ0n) is 13.1. The molecule has 0 rings (SSSR count). The van der Waals surface area contributed by atoms with Crippen LogP contribution in [0.15, 0.2) is 0 Å². The first-order valence-corrected chi connectivity index (χ1v) is 8.22. The van der Waals surface area contributed by atoms with Gasteiger partial charge in [0.15, 0.2) is 0 Å². The molecule has 0 aromatic carbocycles. The van der Waals surface area contributed by atoms with Crippen LogP contribution in [0.5, 0.6) is 0 Å². The molecule has 124 valence electrons. The second-order valence-corrected chi connectivity index (χ2v) is 5.59. The lowest BCUT2D eigenvalue weighted by atomic mass is 10.0. The van der Waals surface area contributed by atoms with Crippen LogP contribution in [0.2, 0.25) is 0 Å². The zero-order chi connectivity index (χ0) is 15.8. The van der Waals surface area contributed by atoms with Crippen molar-refractivity contribution in [2.45, 2.75) is 83.1 Å². The molecule has 0 aromatic rings. The highest BCUT2D eigenvalue weighted by Gasteiger charge is 2.09. The van der Waals surface area contributed by atoms with Crippen LogP contribution < -0.4 is 5.73 Å². The van der Waals surface area contributed by atoms with Crippen molar-refractivity contribution in [3.05, 3.63) is 0 Å². The fourth-order valence-corrected chi connectivity index (χ4v) is 2.31. The minimum Gasteiger partial charge on any atom is -0.480 e. The first-order valence-electron chi connectivity index (χ1n) is 8.22. The summed E-state index contributed by atoms with van der Waals surface area (Å²) in [5, 5.41) is 8.64. The predicted octanol–water partition coefficient (Wildman–Crippen LogP) is 3.25. The molecular formula is C16H31NO4. The maximum atomic E-state index is 10.5. The van der Waals surface area contributed by atoms with E-state index < -0.39 is 12.0 Å². The molecule has 0 heterocycles. The van der Waals surface area contributed by atoms with Crippen molar-refractivity contribution in [2.24, 2.45) is 5.73 Å². The zero-order valence-corrected chi connectivity index (χ0v) is 13.1. The Hall–Kier alpha value is -1.10. The van der Waals surface area contributed by atoms with Crippen LogP contribution in [0.3, 0.4) is 0 Å². The molecule has 3 N–H and O–H groups in total. The second-order valence-electron chi connectivity index (χ2n) is 5.59. The van der Waals surface area contributed by atoms with Gasteiger partial charge in [-0.3, -0.25) is 9.59 Å². The molecule has 1 unspecified atom stereocenters. The van der Waals surface area contributed by atoms with E-state index in [4.69, 9.17) is 10.8 Å². The molecule has 0 aliphatic heterocycles. The van der Waals surface area contributed by atoms with Gasteiger partial charge in [-0.1, -0.05) is 64.2 Å². The van der Waals surface area contributed by atoms with E-state index in [1.54, 1.807) is 0 Å². The van der Waals surface area contributed by atoms with Gasteiger partial charge in [0.05, 0.1) is 6.61 Å². The first-order chi connectivity index (χ1) is 10.2. The summed E-state index contributed by atoms with van der Waals surface area (Å²) in [5.41, 5.74) is 5.44. The fourth-order valence-electron chi connectivity index (χ4n) is 2.31. The maximum absolute atomic E-state index is 10.5. The van der Waals surface area contributed by atoms with Crippen molar-refractivity contribution in [2.75, 3.05) is 6.61 Å². The summed E-state index contributed by atoms with van der Waals surface area (Å²) >= 11 is 0. The molecule has 0 saturated carbocycles. The number of carboxylic acids is 1. The second kappa shape index (κ2) is 15.3. The summed E-state index contributed by atoms with van der Waals surface area (Å²) in [6, 6.07) is -0.693. The predicted molar refractivity (Wildman–Crippen MR) is 83.0 cm³/mol. The van der Waals surface area contributed by atoms with E-state index in [1.807, 2.05) is 0 Å². The highest BCUT2D eigenvalue weighted by atomic mass is 16.5. The Kier molecular flexibility index (Phi) is 14.5. The van der Waals surface area contributed by atoms with E-state index >= 15 is 0 Å². The lowest BCUT2D eigenvalue weighted by Gasteiger charge is -2.06. The van der Waals surface area contributed by atoms with Gasteiger partial charge in [0.2, 0.25) is 0 Å². The Labute approximate surface area is 128 Å². The normalized spacial score (nSPS) is 12.0. The number of hydrogen-bond acceptors (Lipinski definition) is 4. The summed E-state index contributed by atoms with van der Waals surface area (Å²) in [7, 11) is 0. The van der Waals surface area contributed by atoms with Gasteiger partial charge >= 0.3 is 5.97 Å². The summed E-state index contributed by atoms with van der Waals surface area (Å²) in [5.74, 6) is -0.896. The van der Waals surface area contributed by atoms with Gasteiger partial charge in [-0.15, -0.1) is 0 Å². The monoisotopic (exact) mass is 301 g/mol. The molecule has 5 heteroatoms. The Morgan fingerprint density at radius 1 is 0.905 bits per heavy atom. The SMILES string of the molecule is NC(CCCCCCCCCCCCCOC=O)C(=O)O. The van der Waals surface area contributed by atoms with Crippen molar-refractivity contribution in [1.82, 2.24) is 0 Å². The van der Waals surface area contributed by atoms with E-state index in [9.17, 15) is 9.59 Å². The molecule has 0 bridgehead atoms. The molecular weight excluding hydrogens is 270 g/mol. The third-order valence-electron chi connectivity index (χ3n) is 3.66. The summed E-state index contributed by atoms with van der Waals surface area (Å²) in [6.07, 6.45) is 13.4. The molecule has 0 aromatic heterocycles. The van der Waals surface area contributed by atoms with Gasteiger partial charge in [-0.2, -0.15) is 0 Å². The Morgan fingerprint density at radius 3 is 1.76 bits per heavy atom. The van der Waals surface area contributed by atoms with Gasteiger partial charge in [0.1, 0.15) is 6.04 Å². The summed E-state index contributed by atoms with van der Waals surface area (Å²) < 4.78 is 4.63. The van der Waals surface area contributed by atoms with Crippen molar-refractivity contribution in [3.63, 3.8) is 0 Å². The largest absolute Gasteiger partial charge is 0.480 e. The first kappa shape index (κ1) is 19.9. The molecule has 0 amide bonds. The average molecular weight is 301 g/mol. The number of aliphatic carboxylic acids is 1. The van der Waals surface area contributed by atoms with Crippen LogP contribution in [0.1, 0.15) is 77.0 Å². The molecule has 0 radical (unpaired) electrons. The van der Waals surface area contributed by atoms with Crippen LogP contribution >= 0.6 is 0 Å². The van der Waals surface area contributed by atoms with Crippen LogP contribution in [0, 0.1) is 0 Å². The van der Waals surface area contributed by atoms with Crippen LogP contribution in [-0.2, 0) is 14.3 Å². The number of carbonyl (C=O) groups is 2. The van der Waals surface area contributed by atoms with Gasteiger partial charge in [0.25, 0.3) is 6.47 Å². The van der Waals surface area contributed by atoms with Crippen molar-refractivity contribution < 1.29 is 19.4 Å². The number of rotatable bonds is 16. The third-order valence-corrected chi connectivity index (χ3v) is 3.66. The van der Waals surface area contributed by atoms with Gasteiger partial charge in [-0.25, -0.2) is 0 Å². The van der Waals surface area contributed by atoms with Crippen LogP contribution in [0.4, 0.5) is 0 Å². The quantitative estimate of drug-likeness (QED) is 0.337. The van der Waals surface area contributed by atoms with Gasteiger partial charge in [0, 0.05) is 0 Å². The van der Waals surface area contributed by atoms with Crippen LogP contribution in [0.25, 0.3) is 0 Å². The standard InChI is InChI=1S/C16H31NO4/c17-15(16(19)20)12-10-8-6-4-2-1-3-5-7-9-11-13-21-14-18/h14-15H,1-13,17H2,(H,19,20). The van der Waals surface area contributed by atoms with Gasteiger partial charge in [-0.05, 0) is 12.8 Å². The Morgan fingerprint density at radius 2 is 1.33 bits per heavy atom. The number of carbonyl (C=O) groups excluding carboxylic acids is 1. The molecule has 5 nitrogen and oxygen atoms in total. The number of unbranched alkanes of at least 4 members (excludes halogenated alkanes) is 10. The molecule has 21 heavy (non-hydrogen) atoms. The Balaban J connectivity index is 3.06. The highest BCUT2D eigenvalue weighted by molar-refractivity contribution is 5.72. The smallest absolute Gasteiger partial charge is 0.320 e. The molecule has 0 aliphatic rings. The van der Waals surface area contributed by atoms with Crippen molar-refractivity contribution in [1.29, 1.82) is 0 Å². The van der Waals surface area contributed by atoms with E-state index in [0.717, 1.165) is 25.7 Å². The molecule has 0 spiro atoms. The van der Waals surface area contributed by atoms with E-state index in [1.165, 1.54) is 44.9 Å². The molecule has 0 aliphatic carbocycles. The number of carboxylic acid groups (broad SMARTS) is 1. The summed E-state index contributed by atoms with van der Waals surface area (Å²) in [4.78, 5) is 20.4. The average Bonchev–Trinajstić information content (AvgIpc) is 2.47. The van der Waals surface area contributed by atoms with Crippen molar-refractivity contribution in [3.8, 4) is 0 Å². The Bertz CT molecular complexity index is 259. The van der Waals surface area contributed by atoms with E-state index in [0.29, 0.717) is 19.5 Å². The van der Waals surface area contributed by atoms with Crippen molar-refractivity contribution >= 4 is 12.4 Å². The topological polar surface area (TPSA) is 89.6 Å². The molecule has 0 fully saturated rings. The molecule has 1 atom stereocenters. The summed E-state index contributed by atoms with van der Waals surface area (Å²) in [6.45, 7) is 1.06. The highest BCUT2D eigenvalue weighted by Crippen LogP contribution is 2.12. The van der Waals surface area contributed by atoms with Crippen LogP contribution in [-0.4, -0.2) is 30.2 Å². The lowest BCUT2D eigenvalue weighted by molar-refractivity contribution is -0.138. The molecule has 0 saturated heterocycles.